The zero-order valence-electron chi connectivity index (χ0n) is 15.2. The van der Waals surface area contributed by atoms with E-state index in [1.165, 1.54) is 42.4 Å². The van der Waals surface area contributed by atoms with Crippen molar-refractivity contribution in [2.45, 2.75) is 44.4 Å². The largest absolute Gasteiger partial charge is 0.481 e. The van der Waals surface area contributed by atoms with Gasteiger partial charge in [-0.1, -0.05) is 18.9 Å². The number of aliphatic carboxylic acids is 1. The number of carboxylic acid groups (broad SMARTS) is 1. The third-order valence-corrected chi connectivity index (χ3v) is 6.46. The van der Waals surface area contributed by atoms with E-state index in [-0.39, 0.29) is 17.0 Å². The lowest BCUT2D eigenvalue weighted by Gasteiger charge is -2.21. The van der Waals surface area contributed by atoms with Gasteiger partial charge >= 0.3 is 5.97 Å². The van der Waals surface area contributed by atoms with Gasteiger partial charge in [-0.3, -0.25) is 9.59 Å². The summed E-state index contributed by atoms with van der Waals surface area (Å²) in [4.78, 5) is 23.5. The van der Waals surface area contributed by atoms with Gasteiger partial charge < -0.3 is 10.4 Å². The van der Waals surface area contributed by atoms with Gasteiger partial charge in [-0.15, -0.1) is 0 Å². The molecule has 0 radical (unpaired) electrons. The highest BCUT2D eigenvalue weighted by Gasteiger charge is 2.29. The van der Waals surface area contributed by atoms with E-state index < -0.39 is 27.3 Å². The SMILES string of the molecule is CC(C)(CNC(=O)c1cccc(S(=O)(=O)N2CCCCCC2)c1)C(=O)O. The smallest absolute Gasteiger partial charge is 0.310 e. The van der Waals surface area contributed by atoms with Gasteiger partial charge in [-0.05, 0) is 44.9 Å². The number of amides is 1. The molecule has 0 atom stereocenters. The molecule has 0 aromatic heterocycles. The van der Waals surface area contributed by atoms with Crippen LogP contribution < -0.4 is 5.32 Å². The first kappa shape index (κ1) is 20.4. The Morgan fingerprint density at radius 2 is 1.77 bits per heavy atom. The van der Waals surface area contributed by atoms with E-state index in [1.54, 1.807) is 0 Å². The van der Waals surface area contributed by atoms with Gasteiger partial charge in [-0.25, -0.2) is 8.42 Å². The van der Waals surface area contributed by atoms with Crippen molar-refractivity contribution < 1.29 is 23.1 Å². The van der Waals surface area contributed by atoms with Crippen LogP contribution in [0.5, 0.6) is 0 Å². The first-order chi connectivity index (χ1) is 12.1. The zero-order chi connectivity index (χ0) is 19.4. The number of rotatable bonds is 6. The predicted octanol–water partition coefficient (Wildman–Crippen LogP) is 2.09. The van der Waals surface area contributed by atoms with Crippen molar-refractivity contribution in [3.8, 4) is 0 Å². The van der Waals surface area contributed by atoms with Crippen LogP contribution in [-0.2, 0) is 14.8 Å². The highest BCUT2D eigenvalue weighted by Crippen LogP contribution is 2.21. The number of nitrogens with one attached hydrogen (secondary N) is 1. The molecule has 0 saturated carbocycles. The average molecular weight is 382 g/mol. The number of carbonyl (C=O) groups is 2. The Bertz CT molecular complexity index is 766. The van der Waals surface area contributed by atoms with Crippen molar-refractivity contribution in [2.75, 3.05) is 19.6 Å². The Kier molecular flexibility index (Phi) is 6.41. The maximum atomic E-state index is 12.8. The molecule has 1 fully saturated rings. The Morgan fingerprint density at radius 3 is 2.35 bits per heavy atom. The van der Waals surface area contributed by atoms with Crippen LogP contribution >= 0.6 is 0 Å². The topological polar surface area (TPSA) is 104 Å². The van der Waals surface area contributed by atoms with E-state index in [0.717, 1.165) is 25.7 Å². The summed E-state index contributed by atoms with van der Waals surface area (Å²) < 4.78 is 27.2. The summed E-state index contributed by atoms with van der Waals surface area (Å²) in [6, 6.07) is 5.88. The Morgan fingerprint density at radius 1 is 1.15 bits per heavy atom. The molecule has 0 unspecified atom stereocenters. The molecule has 1 amide bonds. The van der Waals surface area contributed by atoms with Gasteiger partial charge in [0.2, 0.25) is 10.0 Å². The van der Waals surface area contributed by atoms with E-state index in [1.807, 2.05) is 0 Å². The Labute approximate surface area is 154 Å². The summed E-state index contributed by atoms with van der Waals surface area (Å²) in [5.74, 6) is -1.51. The monoisotopic (exact) mass is 382 g/mol. The van der Waals surface area contributed by atoms with Gasteiger partial charge in [0, 0.05) is 25.2 Å². The van der Waals surface area contributed by atoms with Gasteiger partial charge in [0.15, 0.2) is 0 Å². The molecule has 2 N–H and O–H groups in total. The first-order valence-corrected chi connectivity index (χ1v) is 10.2. The fourth-order valence-corrected chi connectivity index (χ4v) is 4.27. The highest BCUT2D eigenvalue weighted by molar-refractivity contribution is 7.89. The maximum Gasteiger partial charge on any atom is 0.310 e. The van der Waals surface area contributed by atoms with Crippen LogP contribution in [0.25, 0.3) is 0 Å². The Hall–Kier alpha value is -1.93. The second kappa shape index (κ2) is 8.18. The van der Waals surface area contributed by atoms with Crippen molar-refractivity contribution in [3.05, 3.63) is 29.8 Å². The van der Waals surface area contributed by atoms with Crippen LogP contribution in [0.4, 0.5) is 0 Å². The molecule has 1 aliphatic heterocycles. The fourth-order valence-electron chi connectivity index (χ4n) is 2.71. The standard InChI is InChI=1S/C18H26N2O5S/c1-18(2,17(22)23)13-19-16(21)14-8-7-9-15(12-14)26(24,25)20-10-5-3-4-6-11-20/h7-9,12H,3-6,10-11,13H2,1-2H3,(H,19,21)(H,22,23). The summed E-state index contributed by atoms with van der Waals surface area (Å²) in [6.45, 7) is 3.95. The second-order valence-corrected chi connectivity index (χ2v) is 9.16. The molecule has 26 heavy (non-hydrogen) atoms. The minimum Gasteiger partial charge on any atom is -0.481 e. The molecule has 0 bridgehead atoms. The third-order valence-electron chi connectivity index (χ3n) is 4.57. The number of hydrogen-bond acceptors (Lipinski definition) is 4. The molecule has 1 aromatic rings. The van der Waals surface area contributed by atoms with E-state index >= 15 is 0 Å². The summed E-state index contributed by atoms with van der Waals surface area (Å²) in [5, 5.41) is 11.7. The van der Waals surface area contributed by atoms with E-state index in [2.05, 4.69) is 5.32 Å². The number of nitrogens with zero attached hydrogens (tertiary/aromatic N) is 1. The third kappa shape index (κ3) is 4.82. The molecule has 1 aliphatic rings. The molecule has 7 nitrogen and oxygen atoms in total. The van der Waals surface area contributed by atoms with Crippen LogP contribution in [0.1, 0.15) is 49.9 Å². The van der Waals surface area contributed by atoms with Crippen molar-refractivity contribution >= 4 is 21.9 Å². The van der Waals surface area contributed by atoms with Crippen LogP contribution in [0, 0.1) is 5.41 Å². The molecule has 2 rings (SSSR count). The predicted molar refractivity (Wildman–Crippen MR) is 97.4 cm³/mol. The lowest BCUT2D eigenvalue weighted by atomic mass is 9.94. The van der Waals surface area contributed by atoms with Crippen molar-refractivity contribution in [2.24, 2.45) is 5.41 Å². The van der Waals surface area contributed by atoms with Crippen molar-refractivity contribution in [1.82, 2.24) is 9.62 Å². The summed E-state index contributed by atoms with van der Waals surface area (Å²) >= 11 is 0. The first-order valence-electron chi connectivity index (χ1n) is 8.76. The van der Waals surface area contributed by atoms with Crippen LogP contribution in [0.2, 0.25) is 0 Å². The Balaban J connectivity index is 2.16. The van der Waals surface area contributed by atoms with Crippen LogP contribution in [0.3, 0.4) is 0 Å². The van der Waals surface area contributed by atoms with Crippen LogP contribution in [0.15, 0.2) is 29.2 Å². The lowest BCUT2D eigenvalue weighted by molar-refractivity contribution is -0.146. The minimum atomic E-state index is -3.64. The summed E-state index contributed by atoms with van der Waals surface area (Å²) in [6.07, 6.45) is 3.72. The minimum absolute atomic E-state index is 0.0513. The number of benzene rings is 1. The van der Waals surface area contributed by atoms with Gasteiger partial charge in [0.1, 0.15) is 0 Å². The number of sulfonamides is 1. The maximum absolute atomic E-state index is 12.8. The van der Waals surface area contributed by atoms with Crippen molar-refractivity contribution in [3.63, 3.8) is 0 Å². The van der Waals surface area contributed by atoms with E-state index in [9.17, 15) is 18.0 Å². The number of carbonyl (C=O) groups excluding carboxylic acids is 1. The average Bonchev–Trinajstić information content (AvgIpc) is 2.89. The molecule has 1 aromatic carbocycles. The highest BCUT2D eigenvalue weighted by atomic mass is 32.2. The molecule has 0 spiro atoms. The van der Waals surface area contributed by atoms with E-state index in [0.29, 0.717) is 13.1 Å². The number of hydrogen-bond donors (Lipinski definition) is 2. The number of carboxylic acids is 1. The normalized spacial score (nSPS) is 16.7. The molecular weight excluding hydrogens is 356 g/mol. The molecule has 144 valence electrons. The summed E-state index contributed by atoms with van der Waals surface area (Å²) in [7, 11) is -3.64. The van der Waals surface area contributed by atoms with E-state index in [4.69, 9.17) is 5.11 Å². The van der Waals surface area contributed by atoms with Gasteiger partial charge in [0.05, 0.1) is 10.3 Å². The van der Waals surface area contributed by atoms with Gasteiger partial charge in [-0.2, -0.15) is 4.31 Å². The molecule has 1 saturated heterocycles. The van der Waals surface area contributed by atoms with Gasteiger partial charge in [0.25, 0.3) is 5.91 Å². The summed E-state index contributed by atoms with van der Waals surface area (Å²) in [5.41, 5.74) is -0.909. The molecule has 1 heterocycles. The van der Waals surface area contributed by atoms with Crippen LogP contribution in [-0.4, -0.2) is 49.3 Å². The molecule has 8 heteroatoms. The lowest BCUT2D eigenvalue weighted by Crippen LogP contribution is -2.39. The fraction of sp³-hybridized carbons (Fsp3) is 0.556. The van der Waals surface area contributed by atoms with Crippen molar-refractivity contribution in [1.29, 1.82) is 0 Å². The second-order valence-electron chi connectivity index (χ2n) is 7.22. The molecule has 0 aliphatic carbocycles. The molecular formula is C18H26N2O5S. The zero-order valence-corrected chi connectivity index (χ0v) is 16.0. The quantitative estimate of drug-likeness (QED) is 0.784.